The summed E-state index contributed by atoms with van der Waals surface area (Å²) in [5, 5.41) is 0. The molecular formula is C19H27N. The van der Waals surface area contributed by atoms with Crippen LogP contribution >= 0.6 is 0 Å². The molecule has 1 heterocycles. The molecule has 3 rings (SSSR count). The number of allylic oxidation sites excluding steroid dienone is 5. The Morgan fingerprint density at radius 1 is 0.900 bits per heavy atom. The summed E-state index contributed by atoms with van der Waals surface area (Å²) >= 11 is 0. The average molecular weight is 269 g/mol. The van der Waals surface area contributed by atoms with E-state index in [1.54, 1.807) is 0 Å². The van der Waals surface area contributed by atoms with Gasteiger partial charge in [-0.05, 0) is 54.0 Å². The smallest absolute Gasteiger partial charge is 0.0343 e. The summed E-state index contributed by atoms with van der Waals surface area (Å²) in [7, 11) is 0. The van der Waals surface area contributed by atoms with E-state index in [1.165, 1.54) is 35.1 Å². The number of pyridine rings is 1. The fourth-order valence-corrected chi connectivity index (χ4v) is 2.43. The first-order chi connectivity index (χ1) is 9.93. The van der Waals surface area contributed by atoms with Gasteiger partial charge in [-0.25, -0.2) is 0 Å². The summed E-state index contributed by atoms with van der Waals surface area (Å²) in [5.41, 5.74) is 5.62. The minimum atomic E-state index is 1.13. The summed E-state index contributed by atoms with van der Waals surface area (Å²) in [6.45, 7) is 8.00. The molecule has 0 fully saturated rings. The standard InChI is InChI=1S/C15H15N.2C2H6/c1-2-4-13-7-8-15-11-16-10-9-14(15)6-5-12(13)3-1;2*1-2/h3-4,7-11H,1-2,5-6H2;2*1-2H3/b8-7-;;. The Bertz CT molecular complexity index is 492. The third kappa shape index (κ3) is 4.19. The number of hydrogen-bond acceptors (Lipinski definition) is 1. The van der Waals surface area contributed by atoms with Crippen molar-refractivity contribution in [3.05, 3.63) is 59.0 Å². The van der Waals surface area contributed by atoms with E-state index in [1.807, 2.05) is 40.1 Å². The Morgan fingerprint density at radius 3 is 2.45 bits per heavy atom. The van der Waals surface area contributed by atoms with Gasteiger partial charge in [-0.2, -0.15) is 0 Å². The van der Waals surface area contributed by atoms with Crippen molar-refractivity contribution in [2.45, 2.75) is 53.4 Å². The highest BCUT2D eigenvalue weighted by Gasteiger charge is 2.10. The Morgan fingerprint density at radius 2 is 1.65 bits per heavy atom. The third-order valence-corrected chi connectivity index (χ3v) is 3.34. The highest BCUT2D eigenvalue weighted by molar-refractivity contribution is 5.60. The van der Waals surface area contributed by atoms with E-state index < -0.39 is 0 Å². The lowest BCUT2D eigenvalue weighted by molar-refractivity contribution is 0.898. The van der Waals surface area contributed by atoms with E-state index in [4.69, 9.17) is 0 Å². The maximum Gasteiger partial charge on any atom is 0.0343 e. The number of nitrogens with zero attached hydrogens (tertiary/aromatic N) is 1. The van der Waals surface area contributed by atoms with Crippen molar-refractivity contribution in [1.29, 1.82) is 0 Å². The van der Waals surface area contributed by atoms with Gasteiger partial charge in [-0.15, -0.1) is 0 Å². The van der Waals surface area contributed by atoms with Crippen molar-refractivity contribution >= 4 is 6.08 Å². The fourth-order valence-electron chi connectivity index (χ4n) is 2.43. The van der Waals surface area contributed by atoms with Crippen molar-refractivity contribution in [2.75, 3.05) is 0 Å². The molecule has 1 nitrogen and oxygen atoms in total. The summed E-state index contributed by atoms with van der Waals surface area (Å²) < 4.78 is 0. The SMILES string of the molecule is C1=C2/C=C\c3cnccc3CCC2=CCC1.CC.CC. The second kappa shape index (κ2) is 9.30. The Hall–Kier alpha value is -1.63. The molecule has 0 bridgehead atoms. The summed E-state index contributed by atoms with van der Waals surface area (Å²) in [6.07, 6.45) is 17.7. The number of aromatic nitrogens is 1. The van der Waals surface area contributed by atoms with Crippen LogP contribution in [0.4, 0.5) is 0 Å². The molecular weight excluding hydrogens is 242 g/mol. The molecule has 0 spiro atoms. The largest absolute Gasteiger partial charge is 0.264 e. The molecule has 0 unspecified atom stereocenters. The number of hydrogen-bond donors (Lipinski definition) is 0. The second-order valence-corrected chi connectivity index (χ2v) is 4.37. The van der Waals surface area contributed by atoms with Crippen molar-refractivity contribution in [3.8, 4) is 0 Å². The second-order valence-electron chi connectivity index (χ2n) is 4.37. The van der Waals surface area contributed by atoms with E-state index in [2.05, 4.69) is 35.4 Å². The molecule has 108 valence electrons. The molecule has 0 aromatic carbocycles. The minimum Gasteiger partial charge on any atom is -0.264 e. The molecule has 1 aromatic rings. The first-order valence-electron chi connectivity index (χ1n) is 7.94. The van der Waals surface area contributed by atoms with Gasteiger partial charge in [0, 0.05) is 12.4 Å². The van der Waals surface area contributed by atoms with Gasteiger partial charge < -0.3 is 0 Å². The maximum absolute atomic E-state index is 4.19. The summed E-state index contributed by atoms with van der Waals surface area (Å²) in [5.74, 6) is 0. The normalized spacial score (nSPS) is 17.2. The van der Waals surface area contributed by atoms with Crippen LogP contribution in [0, 0.1) is 0 Å². The van der Waals surface area contributed by atoms with Crippen LogP contribution in [-0.2, 0) is 6.42 Å². The van der Waals surface area contributed by atoms with Crippen molar-refractivity contribution in [2.24, 2.45) is 0 Å². The van der Waals surface area contributed by atoms with Crippen LogP contribution in [0.2, 0.25) is 0 Å². The molecule has 0 radical (unpaired) electrons. The molecule has 0 saturated heterocycles. The van der Waals surface area contributed by atoms with Crippen LogP contribution < -0.4 is 0 Å². The van der Waals surface area contributed by atoms with Crippen molar-refractivity contribution in [3.63, 3.8) is 0 Å². The van der Waals surface area contributed by atoms with Gasteiger partial charge in [-0.1, -0.05) is 52.0 Å². The Balaban J connectivity index is 0.000000461. The summed E-state index contributed by atoms with van der Waals surface area (Å²) in [6, 6.07) is 2.14. The van der Waals surface area contributed by atoms with E-state index in [9.17, 15) is 0 Å². The first kappa shape index (κ1) is 16.4. The molecule has 0 aliphatic heterocycles. The van der Waals surface area contributed by atoms with Crippen molar-refractivity contribution < 1.29 is 0 Å². The van der Waals surface area contributed by atoms with Gasteiger partial charge in [0.15, 0.2) is 0 Å². The zero-order valence-electron chi connectivity index (χ0n) is 13.3. The summed E-state index contributed by atoms with van der Waals surface area (Å²) in [4.78, 5) is 4.19. The van der Waals surface area contributed by atoms with Gasteiger partial charge in [0.1, 0.15) is 0 Å². The molecule has 0 N–H and O–H groups in total. The fraction of sp³-hybridized carbons (Fsp3) is 0.421. The monoisotopic (exact) mass is 269 g/mol. The Labute approximate surface area is 124 Å². The molecule has 2 aliphatic carbocycles. The molecule has 2 aliphatic rings. The molecule has 1 heteroatoms. The molecule has 0 amide bonds. The van der Waals surface area contributed by atoms with E-state index in [0.717, 1.165) is 12.8 Å². The highest BCUT2D eigenvalue weighted by Crippen LogP contribution is 2.28. The lowest BCUT2D eigenvalue weighted by atomic mass is 9.89. The van der Waals surface area contributed by atoms with Gasteiger partial charge in [0.25, 0.3) is 0 Å². The molecule has 0 atom stereocenters. The highest BCUT2D eigenvalue weighted by atomic mass is 14.6. The first-order valence-corrected chi connectivity index (χ1v) is 7.94. The number of aryl methyl sites for hydroxylation is 1. The predicted molar refractivity (Wildman–Crippen MR) is 89.7 cm³/mol. The maximum atomic E-state index is 4.19. The minimum absolute atomic E-state index is 1.13. The van der Waals surface area contributed by atoms with Gasteiger partial charge in [0.05, 0.1) is 0 Å². The van der Waals surface area contributed by atoms with Gasteiger partial charge in [-0.3, -0.25) is 4.98 Å². The lowest BCUT2D eigenvalue weighted by Crippen LogP contribution is -2.00. The Kier molecular flexibility index (Phi) is 7.64. The van der Waals surface area contributed by atoms with Crippen LogP contribution in [0.1, 0.15) is 58.1 Å². The average Bonchev–Trinajstić information content (AvgIpc) is 2.54. The van der Waals surface area contributed by atoms with Crippen LogP contribution in [0.5, 0.6) is 0 Å². The third-order valence-electron chi connectivity index (χ3n) is 3.34. The number of rotatable bonds is 0. The van der Waals surface area contributed by atoms with E-state index >= 15 is 0 Å². The van der Waals surface area contributed by atoms with Crippen LogP contribution in [-0.4, -0.2) is 4.98 Å². The van der Waals surface area contributed by atoms with Crippen molar-refractivity contribution in [1.82, 2.24) is 4.98 Å². The van der Waals surface area contributed by atoms with Crippen LogP contribution in [0.15, 0.2) is 47.8 Å². The van der Waals surface area contributed by atoms with E-state index in [0.29, 0.717) is 0 Å². The van der Waals surface area contributed by atoms with E-state index in [-0.39, 0.29) is 0 Å². The molecule has 0 saturated carbocycles. The predicted octanol–water partition coefficient (Wildman–Crippen LogP) is 5.74. The molecule has 20 heavy (non-hydrogen) atoms. The van der Waals surface area contributed by atoms with Crippen LogP contribution in [0.25, 0.3) is 6.08 Å². The zero-order chi connectivity index (χ0) is 14.8. The number of fused-ring (bicyclic) bond motifs is 2. The zero-order valence-corrected chi connectivity index (χ0v) is 13.3. The quantitative estimate of drug-likeness (QED) is 0.585. The van der Waals surface area contributed by atoms with Gasteiger partial charge >= 0.3 is 0 Å². The lowest BCUT2D eigenvalue weighted by Gasteiger charge is -2.17. The molecule has 1 aromatic heterocycles. The topological polar surface area (TPSA) is 12.9 Å². The van der Waals surface area contributed by atoms with Crippen LogP contribution in [0.3, 0.4) is 0 Å². The van der Waals surface area contributed by atoms with Gasteiger partial charge in [0.2, 0.25) is 0 Å².